The second kappa shape index (κ2) is 15.8. The molecular weight excluding hydrogens is 653 g/mol. The molecule has 260 valence electrons. The van der Waals surface area contributed by atoms with Crippen molar-refractivity contribution in [3.8, 4) is 5.75 Å². The Morgan fingerprint density at radius 2 is 1.83 bits per heavy atom. The van der Waals surface area contributed by atoms with E-state index in [-0.39, 0.29) is 48.3 Å². The number of allylic oxidation sites excluding steroid dienone is 2. The van der Waals surface area contributed by atoms with Crippen molar-refractivity contribution in [2.45, 2.75) is 81.7 Å². The van der Waals surface area contributed by atoms with Crippen LogP contribution in [0, 0.1) is 0 Å². The number of aliphatic hydroxyl groups is 2. The SMILES string of the molecule is COc1ccc2c(c1)SC[C@@H](NC(=O)CC(C)(C)NC[C@H](O)CO)C(=O)N2Cc1ccc(C2=CC=CC(=S(=O)=O)C2NC(C)(C)C)cc1. The van der Waals surface area contributed by atoms with Gasteiger partial charge < -0.3 is 35.8 Å². The molecule has 2 amide bonds. The van der Waals surface area contributed by atoms with E-state index in [1.165, 1.54) is 11.8 Å². The number of amides is 2. The third-order valence-electron chi connectivity index (χ3n) is 7.92. The quantitative estimate of drug-likeness (QED) is 0.209. The van der Waals surface area contributed by atoms with Crippen LogP contribution in [-0.2, 0) is 26.4 Å². The molecule has 0 aromatic heterocycles. The maximum atomic E-state index is 14.1. The average molecular weight is 699 g/mol. The van der Waals surface area contributed by atoms with Gasteiger partial charge in [-0.15, -0.1) is 11.8 Å². The molecule has 5 N–H and O–H groups in total. The number of rotatable bonds is 12. The fourth-order valence-corrected chi connectivity index (χ4v) is 7.19. The number of hydrogen-bond donors (Lipinski definition) is 5. The Morgan fingerprint density at radius 1 is 1.12 bits per heavy atom. The van der Waals surface area contributed by atoms with Crippen molar-refractivity contribution in [1.82, 2.24) is 16.0 Å². The van der Waals surface area contributed by atoms with E-state index >= 15 is 0 Å². The second-order valence-corrected chi connectivity index (χ2v) is 15.6. The molecule has 1 heterocycles. The topological polar surface area (TPSA) is 157 Å². The zero-order valence-electron chi connectivity index (χ0n) is 28.2. The van der Waals surface area contributed by atoms with Crippen LogP contribution in [0.2, 0.25) is 0 Å². The molecule has 2 aliphatic rings. The monoisotopic (exact) mass is 698 g/mol. The van der Waals surface area contributed by atoms with Gasteiger partial charge in [0.15, 0.2) is 0 Å². The van der Waals surface area contributed by atoms with E-state index in [0.717, 1.165) is 21.6 Å². The predicted molar refractivity (Wildman–Crippen MR) is 191 cm³/mol. The molecule has 0 saturated carbocycles. The molecule has 0 saturated heterocycles. The average Bonchev–Trinajstić information content (AvgIpc) is 3.15. The fourth-order valence-electron chi connectivity index (χ4n) is 5.52. The first kappa shape index (κ1) is 37.4. The summed E-state index contributed by atoms with van der Waals surface area (Å²) in [5.41, 5.74) is 2.19. The zero-order chi connectivity index (χ0) is 35.2. The summed E-state index contributed by atoms with van der Waals surface area (Å²) in [6, 6.07) is 11.9. The number of β-amino-alcohol motifs (C(OH)–C–C–N with tert-alkyl or cyclic N) is 1. The van der Waals surface area contributed by atoms with Crippen molar-refractivity contribution < 1.29 is 33.0 Å². The molecule has 0 spiro atoms. The Balaban J connectivity index is 1.58. The normalized spacial score (nSPS) is 18.9. The number of anilines is 1. The number of ether oxygens (including phenoxy) is 1. The minimum Gasteiger partial charge on any atom is -0.497 e. The van der Waals surface area contributed by atoms with Crippen molar-refractivity contribution in [3.63, 3.8) is 0 Å². The molecule has 13 heteroatoms. The number of nitrogens with zero attached hydrogens (tertiary/aromatic N) is 1. The van der Waals surface area contributed by atoms with Crippen LogP contribution in [0.25, 0.3) is 5.57 Å². The van der Waals surface area contributed by atoms with Gasteiger partial charge in [-0.1, -0.05) is 36.4 Å². The van der Waals surface area contributed by atoms with Gasteiger partial charge in [-0.3, -0.25) is 9.59 Å². The summed E-state index contributed by atoms with van der Waals surface area (Å²) in [5.74, 6) is 0.404. The largest absolute Gasteiger partial charge is 0.497 e. The molecule has 0 fully saturated rings. The van der Waals surface area contributed by atoms with Crippen molar-refractivity contribution in [1.29, 1.82) is 0 Å². The molecule has 2 aromatic rings. The Labute approximate surface area is 288 Å². The lowest BCUT2D eigenvalue weighted by molar-refractivity contribution is -0.128. The Hall–Kier alpha value is -3.46. The van der Waals surface area contributed by atoms with E-state index in [0.29, 0.717) is 17.2 Å². The van der Waals surface area contributed by atoms with E-state index in [2.05, 4.69) is 16.0 Å². The summed E-state index contributed by atoms with van der Waals surface area (Å²) < 4.78 is 29.6. The van der Waals surface area contributed by atoms with E-state index in [4.69, 9.17) is 9.84 Å². The summed E-state index contributed by atoms with van der Waals surface area (Å²) in [7, 11) is -0.815. The molecule has 4 rings (SSSR count). The van der Waals surface area contributed by atoms with Crippen LogP contribution in [0.1, 0.15) is 52.2 Å². The number of thioether (sulfide) groups is 1. The number of nitrogens with one attached hydrogen (secondary N) is 3. The van der Waals surface area contributed by atoms with Crippen molar-refractivity contribution in [2.24, 2.45) is 0 Å². The minimum absolute atomic E-state index is 0.0526. The van der Waals surface area contributed by atoms with Gasteiger partial charge in [0.1, 0.15) is 11.8 Å². The number of fused-ring (bicyclic) bond motifs is 1. The standard InChI is InChI=1S/C35H46N4O7S2/c1-34(2,3)38-32-26(8-7-9-30(32)48(44)45)23-12-10-22(11-13-23)19-39-28-15-14-25(46-6)16-29(28)47-21-27(33(39)43)37-31(42)17-35(4,5)36-18-24(41)20-40/h7-16,24,27,32,36,38,40-41H,17-21H2,1-6H3,(H,37,42)/t24-,27+,32?/m0/s1. The third-order valence-corrected chi connectivity index (χ3v) is 9.82. The number of benzene rings is 2. The van der Waals surface area contributed by atoms with Crippen LogP contribution in [0.5, 0.6) is 5.75 Å². The van der Waals surface area contributed by atoms with E-state index in [1.807, 2.05) is 77.1 Å². The maximum Gasteiger partial charge on any atom is 0.250 e. The Morgan fingerprint density at radius 3 is 2.46 bits per heavy atom. The maximum absolute atomic E-state index is 14.1. The molecule has 1 unspecified atom stereocenters. The van der Waals surface area contributed by atoms with Crippen molar-refractivity contribution in [2.75, 3.05) is 30.9 Å². The highest BCUT2D eigenvalue weighted by Crippen LogP contribution is 2.38. The molecular formula is C35H46N4O7S2. The molecule has 11 nitrogen and oxygen atoms in total. The molecule has 1 aliphatic carbocycles. The van der Waals surface area contributed by atoms with Crippen LogP contribution >= 0.6 is 11.8 Å². The van der Waals surface area contributed by atoms with Crippen molar-refractivity contribution in [3.05, 3.63) is 71.8 Å². The van der Waals surface area contributed by atoms with Crippen molar-refractivity contribution >= 4 is 50.0 Å². The lowest BCUT2D eigenvalue weighted by atomic mass is 9.90. The smallest absolute Gasteiger partial charge is 0.250 e. The van der Waals surface area contributed by atoms with Gasteiger partial charge in [0.2, 0.25) is 16.2 Å². The number of aliphatic hydroxyl groups excluding tert-OH is 2. The number of carbonyl (C=O) groups excluding carboxylic acids is 2. The zero-order valence-corrected chi connectivity index (χ0v) is 29.9. The molecule has 0 radical (unpaired) electrons. The molecule has 1 aliphatic heterocycles. The molecule has 48 heavy (non-hydrogen) atoms. The minimum atomic E-state index is -2.40. The fraction of sp³-hybridized carbons (Fsp3) is 0.457. The highest BCUT2D eigenvalue weighted by Gasteiger charge is 2.34. The summed E-state index contributed by atoms with van der Waals surface area (Å²) in [6.07, 6.45) is 4.36. The van der Waals surface area contributed by atoms with Gasteiger partial charge >= 0.3 is 0 Å². The number of methoxy groups -OCH3 is 1. The van der Waals surface area contributed by atoms with Gasteiger partial charge in [-0.2, -0.15) is 8.42 Å². The van der Waals surface area contributed by atoms with Gasteiger partial charge in [-0.05, 0) is 75.6 Å². The van der Waals surface area contributed by atoms with Gasteiger partial charge in [-0.25, -0.2) is 0 Å². The van der Waals surface area contributed by atoms with Crippen LogP contribution < -0.4 is 25.6 Å². The van der Waals surface area contributed by atoms with E-state index in [9.17, 15) is 23.1 Å². The lowest BCUT2D eigenvalue weighted by Crippen LogP contribution is -2.52. The first-order valence-corrected chi connectivity index (χ1v) is 17.8. The Kier molecular flexibility index (Phi) is 12.3. The summed E-state index contributed by atoms with van der Waals surface area (Å²) in [5, 5.41) is 28.3. The summed E-state index contributed by atoms with van der Waals surface area (Å²) >= 11 is 1.46. The first-order chi connectivity index (χ1) is 22.6. The molecule has 0 bridgehead atoms. The van der Waals surface area contributed by atoms with Gasteiger partial charge in [0.25, 0.3) is 5.91 Å². The van der Waals surface area contributed by atoms with Gasteiger partial charge in [0, 0.05) is 34.7 Å². The Bertz CT molecular complexity index is 1690. The predicted octanol–water partition coefficient (Wildman–Crippen LogP) is 2.69. The summed E-state index contributed by atoms with van der Waals surface area (Å²) in [6.45, 7) is 9.56. The third kappa shape index (κ3) is 9.80. The van der Waals surface area contributed by atoms with Crippen LogP contribution in [0.4, 0.5) is 5.69 Å². The lowest BCUT2D eigenvalue weighted by Gasteiger charge is -2.31. The van der Waals surface area contributed by atoms with E-state index < -0.39 is 34.0 Å². The summed E-state index contributed by atoms with van der Waals surface area (Å²) in [4.78, 5) is 30.1. The molecule has 3 atom stereocenters. The highest BCUT2D eigenvalue weighted by molar-refractivity contribution is 7.99. The van der Waals surface area contributed by atoms with E-state index in [1.54, 1.807) is 30.2 Å². The first-order valence-electron chi connectivity index (χ1n) is 15.8. The highest BCUT2D eigenvalue weighted by atomic mass is 32.2. The molecule has 2 aromatic carbocycles. The van der Waals surface area contributed by atoms with Gasteiger partial charge in [0.05, 0.1) is 43.0 Å². The van der Waals surface area contributed by atoms with Crippen LogP contribution in [0.15, 0.2) is 65.6 Å². The number of carbonyl (C=O) groups is 2. The number of hydrogen-bond acceptors (Lipinski definition) is 10. The van der Waals surface area contributed by atoms with Crippen LogP contribution in [0.3, 0.4) is 0 Å². The second-order valence-electron chi connectivity index (χ2n) is 13.6. The van der Waals surface area contributed by atoms with Crippen LogP contribution in [-0.4, -0.2) is 90.6 Å².